The molecule has 0 unspecified atom stereocenters. The number of nitrogens with zero attached hydrogens (tertiary/aromatic N) is 3. The predicted octanol–water partition coefficient (Wildman–Crippen LogP) is 3.44. The molecule has 0 bridgehead atoms. The number of hydrogen-bond donors (Lipinski definition) is 1. The number of carbonyl (C=O) groups excluding carboxylic acids is 1. The fraction of sp³-hybridized carbons (Fsp3) is 0.158. The van der Waals surface area contributed by atoms with Crippen molar-refractivity contribution in [2.24, 2.45) is 0 Å². The van der Waals surface area contributed by atoms with Crippen molar-refractivity contribution in [2.45, 2.75) is 18.8 Å². The lowest BCUT2D eigenvalue weighted by atomic mass is 10.0. The maximum atomic E-state index is 12.9. The van der Waals surface area contributed by atoms with Crippen LogP contribution in [0.3, 0.4) is 0 Å². The molecule has 8 heteroatoms. The first-order chi connectivity index (χ1) is 12.9. The van der Waals surface area contributed by atoms with E-state index in [1.807, 2.05) is 0 Å². The second kappa shape index (κ2) is 8.05. The normalized spacial score (nSPS) is 12.6. The van der Waals surface area contributed by atoms with E-state index in [4.69, 9.17) is 0 Å². The quantitative estimate of drug-likeness (QED) is 0.530. The summed E-state index contributed by atoms with van der Waals surface area (Å²) in [5.41, 5.74) is 1.03. The average Bonchev–Trinajstić information content (AvgIpc) is 2.67. The highest BCUT2D eigenvalue weighted by Gasteiger charge is 2.35. The van der Waals surface area contributed by atoms with Crippen molar-refractivity contribution < 1.29 is 18.0 Å². The van der Waals surface area contributed by atoms with Crippen LogP contribution in [0.15, 0.2) is 66.9 Å². The van der Waals surface area contributed by atoms with Crippen molar-refractivity contribution in [3.63, 3.8) is 0 Å². The molecule has 5 nitrogen and oxygen atoms in total. The molecule has 0 saturated carbocycles. The monoisotopic (exact) mass is 372 g/mol. The van der Waals surface area contributed by atoms with Crippen LogP contribution < -0.4 is 5.32 Å². The molecule has 3 rings (SSSR count). The van der Waals surface area contributed by atoms with E-state index in [2.05, 4.69) is 15.2 Å². The minimum atomic E-state index is -4.71. The Balaban J connectivity index is 1.89. The van der Waals surface area contributed by atoms with Crippen LogP contribution in [-0.2, 0) is 6.42 Å². The third-order valence-electron chi connectivity index (χ3n) is 3.78. The third-order valence-corrected chi connectivity index (χ3v) is 3.78. The number of ketones is 1. The van der Waals surface area contributed by atoms with E-state index in [9.17, 15) is 18.0 Å². The first-order valence-electron chi connectivity index (χ1n) is 8.10. The van der Waals surface area contributed by atoms with E-state index in [-0.39, 0.29) is 17.9 Å². The molecule has 0 aliphatic rings. The number of rotatable bonds is 6. The Morgan fingerprint density at radius 2 is 1.63 bits per heavy atom. The largest absolute Gasteiger partial charge is 0.457 e. The van der Waals surface area contributed by atoms with Gasteiger partial charge in [0, 0.05) is 5.56 Å². The van der Waals surface area contributed by atoms with Crippen LogP contribution in [-0.4, -0.2) is 33.3 Å². The molecule has 2 aromatic carbocycles. The van der Waals surface area contributed by atoms with Crippen molar-refractivity contribution in [1.29, 1.82) is 0 Å². The Morgan fingerprint density at radius 1 is 1.00 bits per heavy atom. The highest BCUT2D eigenvalue weighted by molar-refractivity contribution is 5.98. The Kier molecular flexibility index (Phi) is 5.56. The van der Waals surface area contributed by atoms with Crippen LogP contribution in [0.5, 0.6) is 0 Å². The van der Waals surface area contributed by atoms with Crippen LogP contribution >= 0.6 is 0 Å². The zero-order valence-corrected chi connectivity index (χ0v) is 14.0. The molecule has 1 atom stereocenters. The van der Waals surface area contributed by atoms with Gasteiger partial charge in [0.05, 0.1) is 12.2 Å². The maximum Gasteiger partial charge on any atom is 0.457 e. The molecule has 0 saturated heterocycles. The molecule has 1 aromatic heterocycles. The summed E-state index contributed by atoms with van der Waals surface area (Å²) < 4.78 is 38.8. The van der Waals surface area contributed by atoms with E-state index < -0.39 is 18.1 Å². The molecule has 0 aliphatic heterocycles. The Labute approximate surface area is 153 Å². The van der Waals surface area contributed by atoms with E-state index in [0.29, 0.717) is 11.1 Å². The summed E-state index contributed by atoms with van der Waals surface area (Å²) in [6.45, 7) is 0. The molecular formula is C19H15F3N4O. The molecule has 1 N–H and O–H groups in total. The number of alkyl halides is 3. The zero-order chi connectivity index (χ0) is 19.3. The lowest BCUT2D eigenvalue weighted by Gasteiger charge is -2.19. The van der Waals surface area contributed by atoms with Gasteiger partial charge in [0.15, 0.2) is 11.6 Å². The molecule has 0 spiro atoms. The molecule has 138 valence electrons. The SMILES string of the molecule is O=C(c1cnnc(-c2ccccc2)n1)[C@H](Cc1ccccc1)NC(F)(F)F. The second-order valence-electron chi connectivity index (χ2n) is 5.78. The molecule has 3 aromatic rings. The first kappa shape index (κ1) is 18.7. The number of aromatic nitrogens is 3. The van der Waals surface area contributed by atoms with Gasteiger partial charge in [-0.3, -0.25) is 4.79 Å². The van der Waals surface area contributed by atoms with Gasteiger partial charge in [-0.1, -0.05) is 60.7 Å². The molecule has 0 amide bonds. The summed E-state index contributed by atoms with van der Waals surface area (Å²) in [6.07, 6.45) is -3.77. The first-order valence-corrected chi connectivity index (χ1v) is 8.10. The Morgan fingerprint density at radius 3 is 2.26 bits per heavy atom. The molecule has 0 fully saturated rings. The van der Waals surface area contributed by atoms with Crippen molar-refractivity contribution in [1.82, 2.24) is 20.5 Å². The van der Waals surface area contributed by atoms with Gasteiger partial charge in [-0.2, -0.15) is 18.3 Å². The van der Waals surface area contributed by atoms with Gasteiger partial charge in [-0.25, -0.2) is 10.3 Å². The molecule has 0 radical (unpaired) electrons. The maximum absolute atomic E-state index is 12.9. The van der Waals surface area contributed by atoms with Crippen LogP contribution in [0.2, 0.25) is 0 Å². The van der Waals surface area contributed by atoms with Crippen molar-refractivity contribution in [2.75, 3.05) is 0 Å². The van der Waals surface area contributed by atoms with Gasteiger partial charge in [0.1, 0.15) is 5.69 Å². The summed E-state index contributed by atoms with van der Waals surface area (Å²) in [5, 5.41) is 9.00. The standard InChI is InChI=1S/C19H15F3N4O/c20-19(21,22)25-15(11-13-7-3-1-4-8-13)17(27)16-12-23-26-18(24-16)14-9-5-2-6-10-14/h1-10,12,15,25H,11H2/t15-/m0/s1. The summed E-state index contributed by atoms with van der Waals surface area (Å²) in [4.78, 5) is 16.8. The lowest BCUT2D eigenvalue weighted by molar-refractivity contribution is -0.161. The smallest absolute Gasteiger partial charge is 0.291 e. The van der Waals surface area contributed by atoms with Crippen LogP contribution in [0, 0.1) is 0 Å². The fourth-order valence-electron chi connectivity index (χ4n) is 2.57. The minimum absolute atomic E-state index is 0.135. The zero-order valence-electron chi connectivity index (χ0n) is 14.0. The number of halogens is 3. The summed E-state index contributed by atoms with van der Waals surface area (Å²) in [6, 6.07) is 15.7. The molecule has 0 aliphatic carbocycles. The number of nitrogens with one attached hydrogen (secondary N) is 1. The Bertz CT molecular complexity index is 902. The predicted molar refractivity (Wildman–Crippen MR) is 92.7 cm³/mol. The van der Waals surface area contributed by atoms with E-state index in [1.54, 1.807) is 60.7 Å². The summed E-state index contributed by atoms with van der Waals surface area (Å²) in [7, 11) is 0. The highest BCUT2D eigenvalue weighted by Crippen LogP contribution is 2.17. The molecule has 1 heterocycles. The van der Waals surface area contributed by atoms with Crippen LogP contribution in [0.4, 0.5) is 13.2 Å². The summed E-state index contributed by atoms with van der Waals surface area (Å²) >= 11 is 0. The van der Waals surface area contributed by atoms with Gasteiger partial charge in [-0.15, -0.1) is 5.10 Å². The van der Waals surface area contributed by atoms with Crippen molar-refractivity contribution in [3.8, 4) is 11.4 Å². The second-order valence-corrected chi connectivity index (χ2v) is 5.78. The third kappa shape index (κ3) is 5.18. The number of hydrogen-bond acceptors (Lipinski definition) is 5. The topological polar surface area (TPSA) is 67.8 Å². The van der Waals surface area contributed by atoms with Gasteiger partial charge < -0.3 is 0 Å². The Hall–Kier alpha value is -3.13. The van der Waals surface area contributed by atoms with Gasteiger partial charge in [-0.05, 0) is 12.0 Å². The van der Waals surface area contributed by atoms with Gasteiger partial charge >= 0.3 is 6.30 Å². The van der Waals surface area contributed by atoms with Crippen LogP contribution in [0.1, 0.15) is 16.1 Å². The van der Waals surface area contributed by atoms with Gasteiger partial charge in [0.2, 0.25) is 0 Å². The van der Waals surface area contributed by atoms with E-state index in [0.717, 1.165) is 6.20 Å². The van der Waals surface area contributed by atoms with E-state index in [1.165, 1.54) is 5.32 Å². The van der Waals surface area contributed by atoms with Gasteiger partial charge in [0.25, 0.3) is 0 Å². The molecule has 27 heavy (non-hydrogen) atoms. The van der Waals surface area contributed by atoms with Crippen LogP contribution in [0.25, 0.3) is 11.4 Å². The summed E-state index contributed by atoms with van der Waals surface area (Å²) in [5.74, 6) is -0.629. The lowest BCUT2D eigenvalue weighted by Crippen LogP contribution is -2.47. The minimum Gasteiger partial charge on any atom is -0.291 e. The fourth-order valence-corrected chi connectivity index (χ4v) is 2.57. The average molecular weight is 372 g/mol. The van der Waals surface area contributed by atoms with Crippen molar-refractivity contribution >= 4 is 5.78 Å². The molecular weight excluding hydrogens is 357 g/mol. The number of Topliss-reactive ketones (excluding diaryl/α,β-unsaturated/α-hetero) is 1. The number of benzene rings is 2. The van der Waals surface area contributed by atoms with E-state index >= 15 is 0 Å². The number of carbonyl (C=O) groups is 1. The van der Waals surface area contributed by atoms with Crippen molar-refractivity contribution in [3.05, 3.63) is 78.1 Å². The highest BCUT2D eigenvalue weighted by atomic mass is 19.4.